The zero-order chi connectivity index (χ0) is 13.6. The maximum Gasteiger partial charge on any atom is 0.416 e. The largest absolute Gasteiger partial charge is 0.416 e. The van der Waals surface area contributed by atoms with Crippen molar-refractivity contribution in [1.29, 1.82) is 0 Å². The van der Waals surface area contributed by atoms with Crippen LogP contribution in [-0.2, 0) is 17.4 Å². The summed E-state index contributed by atoms with van der Waals surface area (Å²) in [7, 11) is 0. The third-order valence-electron chi connectivity index (χ3n) is 2.38. The minimum Gasteiger partial charge on any atom is -0.356 e. The Labute approximate surface area is 115 Å². The van der Waals surface area contributed by atoms with Crippen molar-refractivity contribution in [3.8, 4) is 0 Å². The van der Waals surface area contributed by atoms with Crippen LogP contribution in [0.15, 0.2) is 24.3 Å². The SMILES string of the molecule is Cl.NCCCNC(=O)Cc1ccccc1C(F)(F)F. The average Bonchev–Trinajstić information content (AvgIpc) is 2.28. The summed E-state index contributed by atoms with van der Waals surface area (Å²) in [5.74, 6) is -0.430. The zero-order valence-corrected chi connectivity index (χ0v) is 11.0. The first-order valence-electron chi connectivity index (χ1n) is 5.57. The van der Waals surface area contributed by atoms with Crippen molar-refractivity contribution in [2.75, 3.05) is 13.1 Å². The molecule has 7 heteroatoms. The Bertz CT molecular complexity index is 410. The number of nitrogens with one attached hydrogen (secondary N) is 1. The number of amides is 1. The molecular weight excluding hydrogens is 281 g/mol. The summed E-state index contributed by atoms with van der Waals surface area (Å²) in [6.45, 7) is 0.808. The van der Waals surface area contributed by atoms with Crippen LogP contribution in [0.2, 0.25) is 0 Å². The van der Waals surface area contributed by atoms with Gasteiger partial charge < -0.3 is 11.1 Å². The molecule has 0 aliphatic rings. The van der Waals surface area contributed by atoms with Crippen LogP contribution in [0.25, 0.3) is 0 Å². The van der Waals surface area contributed by atoms with Crippen molar-refractivity contribution in [1.82, 2.24) is 5.32 Å². The molecule has 0 spiro atoms. The highest BCUT2D eigenvalue weighted by Crippen LogP contribution is 2.31. The number of alkyl halides is 3. The second-order valence-corrected chi connectivity index (χ2v) is 3.82. The Morgan fingerprint density at radius 2 is 1.89 bits per heavy atom. The van der Waals surface area contributed by atoms with E-state index in [1.165, 1.54) is 18.2 Å². The highest BCUT2D eigenvalue weighted by molar-refractivity contribution is 5.85. The summed E-state index contributed by atoms with van der Waals surface area (Å²) in [6.07, 6.45) is -4.11. The van der Waals surface area contributed by atoms with Crippen LogP contribution < -0.4 is 11.1 Å². The summed E-state index contributed by atoms with van der Waals surface area (Å²) in [6, 6.07) is 5.07. The topological polar surface area (TPSA) is 55.1 Å². The summed E-state index contributed by atoms with van der Waals surface area (Å²) in [5.41, 5.74) is 4.47. The third kappa shape index (κ3) is 5.94. The Hall–Kier alpha value is -1.27. The first-order chi connectivity index (χ1) is 8.45. The van der Waals surface area contributed by atoms with E-state index in [9.17, 15) is 18.0 Å². The minimum absolute atomic E-state index is 0. The fourth-order valence-electron chi connectivity index (χ4n) is 1.52. The molecule has 0 bridgehead atoms. The molecule has 1 amide bonds. The molecule has 108 valence electrons. The maximum absolute atomic E-state index is 12.7. The molecule has 0 fully saturated rings. The molecule has 0 aromatic heterocycles. The molecule has 1 aromatic rings. The van der Waals surface area contributed by atoms with Gasteiger partial charge in [0.2, 0.25) is 5.91 Å². The smallest absolute Gasteiger partial charge is 0.356 e. The summed E-state index contributed by atoms with van der Waals surface area (Å²) in [4.78, 5) is 11.4. The third-order valence-corrected chi connectivity index (χ3v) is 2.38. The quantitative estimate of drug-likeness (QED) is 0.818. The van der Waals surface area contributed by atoms with Gasteiger partial charge in [-0.05, 0) is 24.6 Å². The molecule has 0 atom stereocenters. The van der Waals surface area contributed by atoms with Crippen molar-refractivity contribution < 1.29 is 18.0 Å². The van der Waals surface area contributed by atoms with Gasteiger partial charge in [-0.2, -0.15) is 13.2 Å². The van der Waals surface area contributed by atoms with Crippen molar-refractivity contribution in [2.45, 2.75) is 19.0 Å². The summed E-state index contributed by atoms with van der Waals surface area (Å²) < 4.78 is 38.0. The zero-order valence-electron chi connectivity index (χ0n) is 10.2. The van der Waals surface area contributed by atoms with Gasteiger partial charge in [0.05, 0.1) is 12.0 Å². The number of nitrogens with two attached hydrogens (primary N) is 1. The maximum atomic E-state index is 12.7. The van der Waals surface area contributed by atoms with Gasteiger partial charge in [-0.15, -0.1) is 12.4 Å². The van der Waals surface area contributed by atoms with E-state index in [1.54, 1.807) is 0 Å². The lowest BCUT2D eigenvalue weighted by molar-refractivity contribution is -0.138. The van der Waals surface area contributed by atoms with Crippen LogP contribution in [0, 0.1) is 0 Å². The molecule has 0 unspecified atom stereocenters. The molecule has 0 radical (unpaired) electrons. The summed E-state index contributed by atoms with van der Waals surface area (Å²) in [5, 5.41) is 2.52. The molecule has 0 saturated carbocycles. The predicted octanol–water partition coefficient (Wildman–Crippen LogP) is 2.13. The Morgan fingerprint density at radius 3 is 2.47 bits per heavy atom. The molecule has 1 rings (SSSR count). The number of carbonyl (C=O) groups excluding carboxylic acids is 1. The molecular formula is C12H16ClF3N2O. The van der Waals surface area contributed by atoms with Crippen LogP contribution in [0.1, 0.15) is 17.5 Å². The average molecular weight is 297 g/mol. The van der Waals surface area contributed by atoms with E-state index in [0.717, 1.165) is 6.07 Å². The van der Waals surface area contributed by atoms with E-state index >= 15 is 0 Å². The van der Waals surface area contributed by atoms with Gasteiger partial charge >= 0.3 is 6.18 Å². The van der Waals surface area contributed by atoms with Gasteiger partial charge in [0, 0.05) is 6.54 Å². The van der Waals surface area contributed by atoms with Crippen LogP contribution >= 0.6 is 12.4 Å². The van der Waals surface area contributed by atoms with E-state index < -0.39 is 17.6 Å². The summed E-state index contributed by atoms with van der Waals surface area (Å²) >= 11 is 0. The molecule has 19 heavy (non-hydrogen) atoms. The number of hydrogen-bond acceptors (Lipinski definition) is 2. The Kier molecular flexibility index (Phi) is 7.48. The van der Waals surface area contributed by atoms with Crippen LogP contribution in [-0.4, -0.2) is 19.0 Å². The fourth-order valence-corrected chi connectivity index (χ4v) is 1.52. The lowest BCUT2D eigenvalue weighted by Crippen LogP contribution is -2.28. The first-order valence-corrected chi connectivity index (χ1v) is 5.57. The number of rotatable bonds is 5. The molecule has 3 nitrogen and oxygen atoms in total. The van der Waals surface area contributed by atoms with Crippen LogP contribution in [0.4, 0.5) is 13.2 Å². The molecule has 0 heterocycles. The van der Waals surface area contributed by atoms with E-state index in [1.807, 2.05) is 0 Å². The molecule has 0 aliphatic heterocycles. The number of halogens is 4. The number of benzene rings is 1. The normalized spacial score (nSPS) is 10.7. The molecule has 0 saturated heterocycles. The monoisotopic (exact) mass is 296 g/mol. The Morgan fingerprint density at radius 1 is 1.26 bits per heavy atom. The van der Waals surface area contributed by atoms with Crippen molar-refractivity contribution >= 4 is 18.3 Å². The second-order valence-electron chi connectivity index (χ2n) is 3.82. The molecule has 0 aliphatic carbocycles. The van der Waals surface area contributed by atoms with E-state index in [2.05, 4.69) is 5.32 Å². The van der Waals surface area contributed by atoms with E-state index in [0.29, 0.717) is 19.5 Å². The van der Waals surface area contributed by atoms with Gasteiger partial charge in [-0.1, -0.05) is 18.2 Å². The van der Waals surface area contributed by atoms with Gasteiger partial charge in [0.15, 0.2) is 0 Å². The van der Waals surface area contributed by atoms with Crippen LogP contribution in [0.3, 0.4) is 0 Å². The van der Waals surface area contributed by atoms with E-state index in [4.69, 9.17) is 5.73 Å². The van der Waals surface area contributed by atoms with Crippen molar-refractivity contribution in [3.05, 3.63) is 35.4 Å². The molecule has 1 aromatic carbocycles. The van der Waals surface area contributed by atoms with Crippen LogP contribution in [0.5, 0.6) is 0 Å². The van der Waals surface area contributed by atoms with Gasteiger partial charge in [0.1, 0.15) is 0 Å². The fraction of sp³-hybridized carbons (Fsp3) is 0.417. The lowest BCUT2D eigenvalue weighted by atomic mass is 10.0. The first kappa shape index (κ1) is 17.7. The minimum atomic E-state index is -4.44. The van der Waals surface area contributed by atoms with Crippen molar-refractivity contribution in [2.24, 2.45) is 5.73 Å². The molecule has 3 N–H and O–H groups in total. The Balaban J connectivity index is 0.00000324. The predicted molar refractivity (Wildman–Crippen MR) is 69.1 cm³/mol. The second kappa shape index (κ2) is 8.01. The van der Waals surface area contributed by atoms with Gasteiger partial charge in [0.25, 0.3) is 0 Å². The van der Waals surface area contributed by atoms with Crippen molar-refractivity contribution in [3.63, 3.8) is 0 Å². The van der Waals surface area contributed by atoms with Gasteiger partial charge in [-0.25, -0.2) is 0 Å². The number of hydrogen-bond donors (Lipinski definition) is 2. The lowest BCUT2D eigenvalue weighted by Gasteiger charge is -2.12. The van der Waals surface area contributed by atoms with E-state index in [-0.39, 0.29) is 24.4 Å². The standard InChI is InChI=1S/C12H15F3N2O.ClH/c13-12(14,15)10-5-2-1-4-9(10)8-11(18)17-7-3-6-16;/h1-2,4-5H,3,6-8,16H2,(H,17,18);1H. The van der Waals surface area contributed by atoms with Gasteiger partial charge in [-0.3, -0.25) is 4.79 Å². The highest BCUT2D eigenvalue weighted by atomic mass is 35.5. The highest BCUT2D eigenvalue weighted by Gasteiger charge is 2.33. The number of carbonyl (C=O) groups is 1.